The number of esters is 2. The van der Waals surface area contributed by atoms with Crippen molar-refractivity contribution in [3.63, 3.8) is 0 Å². The average Bonchev–Trinajstić information content (AvgIpc) is 2.42. The Morgan fingerprint density at radius 3 is 2.44 bits per heavy atom. The molecule has 0 fully saturated rings. The molecule has 1 aromatic rings. The number of carbonyl (C=O) groups excluding carboxylic acids is 2. The Bertz CT molecular complexity index is 424. The average molecular weight is 250 g/mol. The first-order chi connectivity index (χ1) is 8.63. The van der Waals surface area contributed by atoms with Gasteiger partial charge >= 0.3 is 11.9 Å². The van der Waals surface area contributed by atoms with Gasteiger partial charge in [0.1, 0.15) is 12.7 Å². The van der Waals surface area contributed by atoms with Gasteiger partial charge in [-0.15, -0.1) is 0 Å². The molecule has 0 aliphatic carbocycles. The van der Waals surface area contributed by atoms with Gasteiger partial charge in [0, 0.05) is 12.2 Å². The Labute approximate surface area is 105 Å². The second-order valence-corrected chi connectivity index (χ2v) is 3.41. The molecule has 1 unspecified atom stereocenters. The fraction of sp³-hybridized carbons (Fsp3) is 0.231. The fourth-order valence-corrected chi connectivity index (χ4v) is 1.18. The highest BCUT2D eigenvalue weighted by molar-refractivity contribution is 5.91. The number of methoxy groups -OCH3 is 1. The third kappa shape index (κ3) is 4.80. The Hall–Kier alpha value is -2.14. The fourth-order valence-electron chi connectivity index (χ4n) is 1.18. The summed E-state index contributed by atoms with van der Waals surface area (Å²) in [6.07, 6.45) is 1.02. The first-order valence-electron chi connectivity index (χ1n) is 5.29. The predicted molar refractivity (Wildman–Crippen MR) is 63.5 cm³/mol. The third-order valence-corrected chi connectivity index (χ3v) is 2.12. The highest BCUT2D eigenvalue weighted by atomic mass is 16.5. The van der Waals surface area contributed by atoms with Crippen LogP contribution < -0.4 is 0 Å². The van der Waals surface area contributed by atoms with Crippen LogP contribution in [0.4, 0.5) is 0 Å². The van der Waals surface area contributed by atoms with Crippen molar-refractivity contribution in [3.05, 3.63) is 48.0 Å². The maximum Gasteiger partial charge on any atom is 0.331 e. The van der Waals surface area contributed by atoms with E-state index in [-0.39, 0.29) is 6.61 Å². The Balaban J connectivity index is 2.39. The minimum Gasteiger partial charge on any atom is -0.466 e. The number of carbonyl (C=O) groups is 2. The number of aliphatic hydroxyl groups is 1. The van der Waals surface area contributed by atoms with Crippen LogP contribution in [0.2, 0.25) is 0 Å². The lowest BCUT2D eigenvalue weighted by atomic mass is 10.1. The molecule has 0 bridgehead atoms. The van der Waals surface area contributed by atoms with Crippen LogP contribution in [-0.4, -0.2) is 30.8 Å². The molecule has 0 amide bonds. The molecule has 0 heterocycles. The molecular formula is C13H14O5. The zero-order chi connectivity index (χ0) is 13.4. The van der Waals surface area contributed by atoms with Crippen LogP contribution in [-0.2, 0) is 19.1 Å². The molecule has 0 radical (unpaired) electrons. The quantitative estimate of drug-likeness (QED) is 0.623. The lowest BCUT2D eigenvalue weighted by molar-refractivity contribution is -0.141. The molecule has 0 aromatic heterocycles. The van der Waals surface area contributed by atoms with Crippen LogP contribution in [0.15, 0.2) is 42.5 Å². The van der Waals surface area contributed by atoms with Crippen molar-refractivity contribution in [3.8, 4) is 0 Å². The highest BCUT2D eigenvalue weighted by Crippen LogP contribution is 2.12. The number of hydrogen-bond donors (Lipinski definition) is 1. The van der Waals surface area contributed by atoms with E-state index in [2.05, 4.69) is 4.74 Å². The molecule has 0 saturated heterocycles. The van der Waals surface area contributed by atoms with E-state index in [1.54, 1.807) is 24.3 Å². The molecule has 1 atom stereocenters. The Kier molecular flexibility index (Phi) is 5.60. The van der Waals surface area contributed by atoms with E-state index in [1.807, 2.05) is 6.07 Å². The maximum absolute atomic E-state index is 11.2. The zero-order valence-corrected chi connectivity index (χ0v) is 9.91. The van der Waals surface area contributed by atoms with Crippen molar-refractivity contribution >= 4 is 11.9 Å². The second-order valence-electron chi connectivity index (χ2n) is 3.41. The summed E-state index contributed by atoms with van der Waals surface area (Å²) >= 11 is 0. The third-order valence-electron chi connectivity index (χ3n) is 2.12. The van der Waals surface area contributed by atoms with Gasteiger partial charge in [-0.1, -0.05) is 30.3 Å². The molecule has 1 aromatic carbocycles. The predicted octanol–water partition coefficient (Wildman–Crippen LogP) is 0.992. The van der Waals surface area contributed by atoms with E-state index in [0.29, 0.717) is 5.56 Å². The Morgan fingerprint density at radius 1 is 1.22 bits per heavy atom. The van der Waals surface area contributed by atoms with Gasteiger partial charge in [0.2, 0.25) is 0 Å². The van der Waals surface area contributed by atoms with Crippen molar-refractivity contribution in [2.45, 2.75) is 6.10 Å². The molecule has 0 saturated carbocycles. The summed E-state index contributed by atoms with van der Waals surface area (Å²) in [7, 11) is 1.21. The first kappa shape index (κ1) is 13.9. The smallest absolute Gasteiger partial charge is 0.331 e. The van der Waals surface area contributed by atoms with Gasteiger partial charge in [0.25, 0.3) is 0 Å². The largest absolute Gasteiger partial charge is 0.466 e. The van der Waals surface area contributed by atoms with E-state index in [1.165, 1.54) is 7.11 Å². The Morgan fingerprint density at radius 2 is 1.83 bits per heavy atom. The molecule has 0 aliphatic heterocycles. The topological polar surface area (TPSA) is 72.8 Å². The minimum absolute atomic E-state index is 0.172. The summed E-state index contributed by atoms with van der Waals surface area (Å²) in [5, 5.41) is 9.70. The van der Waals surface area contributed by atoms with Crippen LogP contribution >= 0.6 is 0 Å². The van der Waals surface area contributed by atoms with E-state index in [4.69, 9.17) is 4.74 Å². The lowest BCUT2D eigenvalue weighted by Crippen LogP contribution is -2.11. The van der Waals surface area contributed by atoms with Gasteiger partial charge in [0.05, 0.1) is 7.11 Å². The number of ether oxygens (including phenoxy) is 2. The van der Waals surface area contributed by atoms with Crippen LogP contribution in [0, 0.1) is 0 Å². The normalized spacial score (nSPS) is 12.1. The maximum atomic E-state index is 11.2. The zero-order valence-electron chi connectivity index (χ0n) is 9.91. The summed E-state index contributed by atoms with van der Waals surface area (Å²) in [5.41, 5.74) is 0.655. The molecule has 0 aliphatic rings. The van der Waals surface area contributed by atoms with Gasteiger partial charge in [-0.25, -0.2) is 9.59 Å². The van der Waals surface area contributed by atoms with Crippen LogP contribution in [0.3, 0.4) is 0 Å². The van der Waals surface area contributed by atoms with Gasteiger partial charge in [-0.05, 0) is 5.56 Å². The summed E-state index contributed by atoms with van der Waals surface area (Å²) in [6.45, 7) is -0.172. The van der Waals surface area contributed by atoms with E-state index < -0.39 is 18.0 Å². The van der Waals surface area contributed by atoms with Crippen LogP contribution in [0.25, 0.3) is 0 Å². The summed E-state index contributed by atoms with van der Waals surface area (Å²) < 4.78 is 9.08. The van der Waals surface area contributed by atoms with Crippen LogP contribution in [0.1, 0.15) is 11.7 Å². The van der Waals surface area contributed by atoms with Gasteiger partial charge < -0.3 is 14.6 Å². The number of hydrogen-bond acceptors (Lipinski definition) is 5. The molecule has 0 spiro atoms. The molecule has 5 nitrogen and oxygen atoms in total. The molecule has 5 heteroatoms. The van der Waals surface area contributed by atoms with Crippen molar-refractivity contribution < 1.29 is 24.2 Å². The molecule has 1 rings (SSSR count). The van der Waals surface area contributed by atoms with Crippen molar-refractivity contribution in [1.82, 2.24) is 0 Å². The number of aliphatic hydroxyl groups excluding tert-OH is 1. The first-order valence-corrected chi connectivity index (χ1v) is 5.29. The molecule has 1 N–H and O–H groups in total. The molecule has 18 heavy (non-hydrogen) atoms. The minimum atomic E-state index is -0.887. The van der Waals surface area contributed by atoms with Crippen molar-refractivity contribution in [2.24, 2.45) is 0 Å². The van der Waals surface area contributed by atoms with E-state index in [9.17, 15) is 14.7 Å². The molecule has 96 valence electrons. The van der Waals surface area contributed by atoms with Crippen LogP contribution in [0.5, 0.6) is 0 Å². The van der Waals surface area contributed by atoms with E-state index in [0.717, 1.165) is 12.2 Å². The van der Waals surface area contributed by atoms with Crippen molar-refractivity contribution in [1.29, 1.82) is 0 Å². The van der Waals surface area contributed by atoms with Gasteiger partial charge in [-0.2, -0.15) is 0 Å². The van der Waals surface area contributed by atoms with Gasteiger partial charge in [-0.3, -0.25) is 0 Å². The monoisotopic (exact) mass is 250 g/mol. The summed E-state index contributed by atoms with van der Waals surface area (Å²) in [6, 6.07) is 8.82. The van der Waals surface area contributed by atoms with Crippen molar-refractivity contribution in [2.75, 3.05) is 13.7 Å². The highest BCUT2D eigenvalue weighted by Gasteiger charge is 2.09. The summed E-state index contributed by atoms with van der Waals surface area (Å²) in [5.74, 6) is -1.36. The standard InChI is InChI=1S/C13H14O5/c1-17-12(15)7-8-13(16)18-9-11(14)10-5-3-2-4-6-10/h2-8,11,14H,9H2,1H3. The van der Waals surface area contributed by atoms with E-state index >= 15 is 0 Å². The lowest BCUT2D eigenvalue weighted by Gasteiger charge is -2.10. The number of benzene rings is 1. The number of rotatable bonds is 5. The SMILES string of the molecule is COC(=O)C=CC(=O)OCC(O)c1ccccc1. The molecular weight excluding hydrogens is 236 g/mol. The summed E-state index contributed by atoms with van der Waals surface area (Å²) in [4.78, 5) is 21.9. The van der Waals surface area contributed by atoms with Gasteiger partial charge in [0.15, 0.2) is 0 Å². The second kappa shape index (κ2) is 7.24.